The minimum atomic E-state index is -0.284. The topological polar surface area (TPSA) is 89.2 Å². The molecule has 0 bridgehead atoms. The van der Waals surface area contributed by atoms with Gasteiger partial charge in [0.15, 0.2) is 0 Å². The molecule has 0 unspecified atom stereocenters. The molecule has 0 saturated carbocycles. The Morgan fingerprint density at radius 1 is 1.26 bits per heavy atom. The summed E-state index contributed by atoms with van der Waals surface area (Å²) >= 11 is 0. The van der Waals surface area contributed by atoms with Crippen LogP contribution in [0.4, 0.5) is 0 Å². The Morgan fingerprint density at radius 2 is 2.00 bits per heavy atom. The van der Waals surface area contributed by atoms with E-state index in [1.807, 2.05) is 37.3 Å². The van der Waals surface area contributed by atoms with Crippen LogP contribution in [-0.2, 0) is 29.1 Å². The normalized spacial score (nSPS) is 17.5. The highest BCUT2D eigenvalue weighted by Gasteiger charge is 2.25. The van der Waals surface area contributed by atoms with Crippen LogP contribution in [0.5, 0.6) is 0 Å². The van der Waals surface area contributed by atoms with E-state index in [4.69, 9.17) is 0 Å². The number of amides is 2. The number of aromatic nitrogens is 3. The molecule has 1 aliphatic rings. The molecule has 0 aliphatic carbocycles. The molecule has 0 spiro atoms. The van der Waals surface area contributed by atoms with Crippen molar-refractivity contribution in [2.24, 2.45) is 0 Å². The number of hydrogen-bond acceptors (Lipinski definition) is 4. The molecule has 8 heteroatoms. The van der Waals surface area contributed by atoms with E-state index < -0.39 is 0 Å². The molecule has 1 saturated heterocycles. The molecule has 1 aliphatic heterocycles. The van der Waals surface area contributed by atoms with Crippen molar-refractivity contribution in [3.8, 4) is 0 Å². The summed E-state index contributed by atoms with van der Waals surface area (Å²) in [6, 6.07) is 9.82. The summed E-state index contributed by atoms with van der Waals surface area (Å²) in [7, 11) is 0. The first-order valence-corrected chi connectivity index (χ1v) is 9.20. The fourth-order valence-electron chi connectivity index (χ4n) is 3.29. The van der Waals surface area contributed by atoms with Crippen molar-refractivity contribution in [3.63, 3.8) is 0 Å². The maximum atomic E-state index is 12.7. The van der Waals surface area contributed by atoms with Crippen LogP contribution in [0.3, 0.4) is 0 Å². The monoisotopic (exact) mass is 371 g/mol. The summed E-state index contributed by atoms with van der Waals surface area (Å²) in [5.74, 6) is 0.327. The Hall–Kier alpha value is -2.90. The SMILES string of the molecule is Cc1nn(CC(=O)N2CCC(=O)NC[C@H]2C)c(=O)n1CCc1ccccc1. The average molecular weight is 371 g/mol. The van der Waals surface area contributed by atoms with Crippen LogP contribution in [0, 0.1) is 6.92 Å². The third-order valence-electron chi connectivity index (χ3n) is 4.89. The van der Waals surface area contributed by atoms with Gasteiger partial charge in [-0.25, -0.2) is 9.48 Å². The molecule has 1 atom stereocenters. The van der Waals surface area contributed by atoms with Gasteiger partial charge in [0, 0.05) is 32.1 Å². The van der Waals surface area contributed by atoms with E-state index in [2.05, 4.69) is 10.4 Å². The van der Waals surface area contributed by atoms with Crippen molar-refractivity contribution in [2.75, 3.05) is 13.1 Å². The maximum absolute atomic E-state index is 12.7. The molecule has 1 aromatic heterocycles. The fraction of sp³-hybridized carbons (Fsp3) is 0.474. The van der Waals surface area contributed by atoms with Gasteiger partial charge in [-0.3, -0.25) is 14.2 Å². The maximum Gasteiger partial charge on any atom is 0.346 e. The number of nitrogens with zero attached hydrogens (tertiary/aromatic N) is 4. The highest BCUT2D eigenvalue weighted by atomic mass is 16.2. The number of carbonyl (C=O) groups excluding carboxylic acids is 2. The lowest BCUT2D eigenvalue weighted by molar-refractivity contribution is -0.133. The molecule has 1 fully saturated rings. The van der Waals surface area contributed by atoms with Crippen molar-refractivity contribution in [2.45, 2.75) is 45.8 Å². The Labute approximate surface area is 157 Å². The minimum Gasteiger partial charge on any atom is -0.354 e. The first kappa shape index (κ1) is 18.9. The van der Waals surface area contributed by atoms with Gasteiger partial charge < -0.3 is 10.2 Å². The predicted octanol–water partition coefficient (Wildman–Crippen LogP) is 0.333. The Balaban J connectivity index is 1.69. The van der Waals surface area contributed by atoms with Crippen LogP contribution in [-0.4, -0.2) is 50.2 Å². The molecule has 144 valence electrons. The van der Waals surface area contributed by atoms with Crippen molar-refractivity contribution in [1.29, 1.82) is 0 Å². The quantitative estimate of drug-likeness (QED) is 0.820. The molecule has 2 aromatic rings. The first-order chi connectivity index (χ1) is 13.0. The van der Waals surface area contributed by atoms with E-state index in [1.54, 1.807) is 16.4 Å². The summed E-state index contributed by atoms with van der Waals surface area (Å²) in [4.78, 5) is 38.5. The zero-order valence-electron chi connectivity index (χ0n) is 15.7. The molecule has 2 amide bonds. The highest BCUT2D eigenvalue weighted by molar-refractivity contribution is 5.80. The fourth-order valence-corrected chi connectivity index (χ4v) is 3.29. The number of hydrogen-bond donors (Lipinski definition) is 1. The second-order valence-electron chi connectivity index (χ2n) is 6.86. The summed E-state index contributed by atoms with van der Waals surface area (Å²) in [5, 5.41) is 7.04. The largest absolute Gasteiger partial charge is 0.354 e. The summed E-state index contributed by atoms with van der Waals surface area (Å²) in [6.07, 6.45) is 0.994. The van der Waals surface area contributed by atoms with Crippen LogP contribution in [0.25, 0.3) is 0 Å². The van der Waals surface area contributed by atoms with E-state index in [-0.39, 0.29) is 36.5 Å². The third-order valence-corrected chi connectivity index (χ3v) is 4.89. The summed E-state index contributed by atoms with van der Waals surface area (Å²) in [6.45, 7) is 4.83. The Bertz CT molecular complexity index is 871. The van der Waals surface area contributed by atoms with Gasteiger partial charge in [0.05, 0.1) is 0 Å². The van der Waals surface area contributed by atoms with E-state index in [9.17, 15) is 14.4 Å². The third kappa shape index (κ3) is 4.45. The summed E-state index contributed by atoms with van der Waals surface area (Å²) in [5.41, 5.74) is 0.858. The van der Waals surface area contributed by atoms with Gasteiger partial charge in [-0.15, -0.1) is 0 Å². The summed E-state index contributed by atoms with van der Waals surface area (Å²) < 4.78 is 2.81. The molecule has 0 radical (unpaired) electrons. The highest BCUT2D eigenvalue weighted by Crippen LogP contribution is 2.06. The van der Waals surface area contributed by atoms with Gasteiger partial charge in [0.1, 0.15) is 12.4 Å². The van der Waals surface area contributed by atoms with E-state index >= 15 is 0 Å². The lowest BCUT2D eigenvalue weighted by atomic mass is 10.1. The number of aryl methyl sites for hydroxylation is 2. The minimum absolute atomic E-state index is 0.0599. The van der Waals surface area contributed by atoms with E-state index in [0.717, 1.165) is 12.0 Å². The van der Waals surface area contributed by atoms with Crippen molar-refractivity contribution in [1.82, 2.24) is 24.6 Å². The molecular weight excluding hydrogens is 346 g/mol. The number of carbonyl (C=O) groups is 2. The van der Waals surface area contributed by atoms with Crippen LogP contribution < -0.4 is 11.0 Å². The zero-order chi connectivity index (χ0) is 19.4. The van der Waals surface area contributed by atoms with Crippen molar-refractivity contribution < 1.29 is 9.59 Å². The molecular formula is C19H25N5O3. The second-order valence-corrected chi connectivity index (χ2v) is 6.86. The number of rotatable bonds is 5. The van der Waals surface area contributed by atoms with Crippen LogP contribution >= 0.6 is 0 Å². The number of benzene rings is 1. The van der Waals surface area contributed by atoms with Gasteiger partial charge in [0.2, 0.25) is 11.8 Å². The van der Waals surface area contributed by atoms with Gasteiger partial charge in [-0.2, -0.15) is 5.10 Å². The molecule has 1 aromatic carbocycles. The molecule has 8 nitrogen and oxygen atoms in total. The lowest BCUT2D eigenvalue weighted by Crippen LogP contribution is -2.44. The van der Waals surface area contributed by atoms with Crippen LogP contribution in [0.1, 0.15) is 24.7 Å². The average Bonchev–Trinajstić information content (AvgIpc) is 2.80. The van der Waals surface area contributed by atoms with Gasteiger partial charge in [-0.05, 0) is 25.8 Å². The lowest BCUT2D eigenvalue weighted by Gasteiger charge is -2.26. The van der Waals surface area contributed by atoms with Crippen molar-refractivity contribution in [3.05, 3.63) is 52.2 Å². The molecule has 27 heavy (non-hydrogen) atoms. The molecule has 1 N–H and O–H groups in total. The van der Waals surface area contributed by atoms with Crippen molar-refractivity contribution >= 4 is 11.8 Å². The smallest absolute Gasteiger partial charge is 0.346 e. The Morgan fingerprint density at radius 3 is 2.74 bits per heavy atom. The van der Waals surface area contributed by atoms with Gasteiger partial charge in [0.25, 0.3) is 0 Å². The first-order valence-electron chi connectivity index (χ1n) is 9.20. The van der Waals surface area contributed by atoms with E-state index in [1.165, 1.54) is 4.68 Å². The van der Waals surface area contributed by atoms with E-state index in [0.29, 0.717) is 25.5 Å². The molecule has 3 rings (SSSR count). The van der Waals surface area contributed by atoms with Gasteiger partial charge in [-0.1, -0.05) is 30.3 Å². The second kappa shape index (κ2) is 8.20. The number of nitrogens with one attached hydrogen (secondary N) is 1. The Kier molecular flexibility index (Phi) is 5.73. The van der Waals surface area contributed by atoms with Crippen LogP contribution in [0.2, 0.25) is 0 Å². The predicted molar refractivity (Wildman–Crippen MR) is 100 cm³/mol. The zero-order valence-corrected chi connectivity index (χ0v) is 15.7. The van der Waals surface area contributed by atoms with Gasteiger partial charge >= 0.3 is 5.69 Å². The molecule has 2 heterocycles. The standard InChI is InChI=1S/C19H25N5O3/c1-14-12-20-17(25)9-11-22(14)18(26)13-24-19(27)23(15(2)21-24)10-8-16-6-4-3-5-7-16/h3-7,14H,8-13H2,1-2H3,(H,20,25)/t14-/m1/s1. The van der Waals surface area contributed by atoms with Crippen LogP contribution in [0.15, 0.2) is 35.1 Å².